The van der Waals surface area contributed by atoms with Crippen molar-refractivity contribution in [2.75, 3.05) is 11.5 Å². The maximum absolute atomic E-state index is 13.0. The van der Waals surface area contributed by atoms with Crippen LogP contribution in [0.15, 0.2) is 36.4 Å². The summed E-state index contributed by atoms with van der Waals surface area (Å²) in [5, 5.41) is 0. The summed E-state index contributed by atoms with van der Waals surface area (Å²) in [5.41, 5.74) is 11.8. The number of anilines is 2. The molecule has 0 heterocycles. The van der Waals surface area contributed by atoms with E-state index in [1.165, 1.54) is 13.0 Å². The van der Waals surface area contributed by atoms with E-state index < -0.39 is 11.7 Å². The Kier molecular flexibility index (Phi) is 4.55. The SMILES string of the molecule is Cc1c(-c2ccc(N)cc2)ccc(N)c1C(F)(F)F.Cl. The molecule has 6 heteroatoms. The van der Waals surface area contributed by atoms with Crippen molar-refractivity contribution in [3.63, 3.8) is 0 Å². The molecule has 0 saturated heterocycles. The van der Waals surface area contributed by atoms with Crippen LogP contribution in [-0.2, 0) is 6.18 Å². The zero-order valence-corrected chi connectivity index (χ0v) is 11.5. The van der Waals surface area contributed by atoms with Crippen LogP contribution in [0.3, 0.4) is 0 Å². The molecule has 0 saturated carbocycles. The maximum Gasteiger partial charge on any atom is 0.418 e. The van der Waals surface area contributed by atoms with Gasteiger partial charge in [-0.3, -0.25) is 0 Å². The summed E-state index contributed by atoms with van der Waals surface area (Å²) in [6.07, 6.45) is -4.46. The zero-order chi connectivity index (χ0) is 14.2. The van der Waals surface area contributed by atoms with E-state index in [-0.39, 0.29) is 23.7 Å². The second-order valence-electron chi connectivity index (χ2n) is 4.32. The second kappa shape index (κ2) is 5.63. The molecular weight excluding hydrogens is 289 g/mol. The number of alkyl halides is 3. The van der Waals surface area contributed by atoms with E-state index in [4.69, 9.17) is 11.5 Å². The third-order valence-corrected chi connectivity index (χ3v) is 3.00. The summed E-state index contributed by atoms with van der Waals surface area (Å²) in [6.45, 7) is 1.42. The highest BCUT2D eigenvalue weighted by molar-refractivity contribution is 5.85. The smallest absolute Gasteiger partial charge is 0.399 e. The monoisotopic (exact) mass is 302 g/mol. The molecule has 0 aliphatic rings. The first-order valence-corrected chi connectivity index (χ1v) is 5.63. The molecule has 2 aromatic carbocycles. The predicted molar refractivity (Wildman–Crippen MR) is 77.7 cm³/mol. The van der Waals surface area contributed by atoms with Crippen LogP contribution < -0.4 is 11.5 Å². The molecule has 2 rings (SSSR count). The fourth-order valence-corrected chi connectivity index (χ4v) is 2.08. The van der Waals surface area contributed by atoms with Crippen LogP contribution in [0.4, 0.5) is 24.5 Å². The molecule has 4 N–H and O–H groups in total. The highest BCUT2D eigenvalue weighted by Crippen LogP contribution is 2.39. The lowest BCUT2D eigenvalue weighted by molar-refractivity contribution is -0.137. The summed E-state index contributed by atoms with van der Waals surface area (Å²) < 4.78 is 38.9. The van der Waals surface area contributed by atoms with Crippen molar-refractivity contribution in [2.24, 2.45) is 0 Å². The third kappa shape index (κ3) is 2.99. The molecule has 20 heavy (non-hydrogen) atoms. The number of nitrogens with two attached hydrogens (primary N) is 2. The van der Waals surface area contributed by atoms with E-state index >= 15 is 0 Å². The van der Waals surface area contributed by atoms with Crippen molar-refractivity contribution in [3.8, 4) is 11.1 Å². The molecule has 0 unspecified atom stereocenters. The van der Waals surface area contributed by atoms with E-state index in [1.807, 2.05) is 0 Å². The van der Waals surface area contributed by atoms with Gasteiger partial charge in [0, 0.05) is 11.4 Å². The van der Waals surface area contributed by atoms with Crippen molar-refractivity contribution in [1.82, 2.24) is 0 Å². The van der Waals surface area contributed by atoms with Crippen LogP contribution in [0, 0.1) is 6.92 Å². The number of halogens is 4. The summed E-state index contributed by atoms with van der Waals surface area (Å²) in [4.78, 5) is 0. The number of nitrogen functional groups attached to an aromatic ring is 2. The molecule has 0 atom stereocenters. The molecule has 0 radical (unpaired) electrons. The Bertz CT molecular complexity index is 607. The molecule has 2 nitrogen and oxygen atoms in total. The summed E-state index contributed by atoms with van der Waals surface area (Å²) in [7, 11) is 0. The molecule has 0 amide bonds. The van der Waals surface area contributed by atoms with Crippen LogP contribution >= 0.6 is 12.4 Å². The Hall–Kier alpha value is -1.88. The van der Waals surface area contributed by atoms with Gasteiger partial charge in [0.1, 0.15) is 0 Å². The Morgan fingerprint density at radius 3 is 1.95 bits per heavy atom. The minimum atomic E-state index is -4.46. The molecule has 0 aliphatic heterocycles. The number of rotatable bonds is 1. The molecule has 0 aromatic heterocycles. The highest BCUT2D eigenvalue weighted by Gasteiger charge is 2.35. The molecule has 2 aromatic rings. The first-order valence-electron chi connectivity index (χ1n) is 5.63. The number of benzene rings is 2. The zero-order valence-electron chi connectivity index (χ0n) is 10.7. The first kappa shape index (κ1) is 16.2. The Balaban J connectivity index is 0.00000200. The normalized spacial score (nSPS) is 11.0. The van der Waals surface area contributed by atoms with Gasteiger partial charge in [-0.2, -0.15) is 13.2 Å². The molecule has 0 fully saturated rings. The second-order valence-corrected chi connectivity index (χ2v) is 4.32. The van der Waals surface area contributed by atoms with Gasteiger partial charge in [-0.1, -0.05) is 18.2 Å². The predicted octanol–water partition coefficient (Wildman–Crippen LogP) is 4.27. The first-order chi connectivity index (χ1) is 8.80. The van der Waals surface area contributed by atoms with E-state index in [9.17, 15) is 13.2 Å². The van der Waals surface area contributed by atoms with Crippen molar-refractivity contribution in [1.29, 1.82) is 0 Å². The van der Waals surface area contributed by atoms with E-state index in [0.29, 0.717) is 16.8 Å². The highest BCUT2D eigenvalue weighted by atomic mass is 35.5. The number of hydrogen-bond acceptors (Lipinski definition) is 2. The molecule has 0 bridgehead atoms. The van der Waals surface area contributed by atoms with Crippen LogP contribution in [0.5, 0.6) is 0 Å². The topological polar surface area (TPSA) is 52.0 Å². The van der Waals surface area contributed by atoms with Crippen LogP contribution in [0.1, 0.15) is 11.1 Å². The Labute approximate surface area is 121 Å². The fraction of sp³-hybridized carbons (Fsp3) is 0.143. The van der Waals surface area contributed by atoms with Gasteiger partial charge in [0.05, 0.1) is 5.56 Å². The largest absolute Gasteiger partial charge is 0.418 e. The van der Waals surface area contributed by atoms with Gasteiger partial charge < -0.3 is 11.5 Å². The van der Waals surface area contributed by atoms with Gasteiger partial charge in [-0.25, -0.2) is 0 Å². The standard InChI is InChI=1S/C14H13F3N2.ClH/c1-8-11(9-2-4-10(18)5-3-9)6-7-12(19)13(8)14(15,16)17;/h2-7H,18-19H2,1H3;1H. The number of hydrogen-bond donors (Lipinski definition) is 2. The Morgan fingerprint density at radius 1 is 0.900 bits per heavy atom. The van der Waals surface area contributed by atoms with Gasteiger partial charge in [0.15, 0.2) is 0 Å². The van der Waals surface area contributed by atoms with Gasteiger partial charge in [-0.05, 0) is 41.8 Å². The van der Waals surface area contributed by atoms with Gasteiger partial charge in [0.25, 0.3) is 0 Å². The molecule has 0 aliphatic carbocycles. The molecule has 108 valence electrons. The van der Waals surface area contributed by atoms with Crippen molar-refractivity contribution in [3.05, 3.63) is 47.5 Å². The van der Waals surface area contributed by atoms with E-state index in [2.05, 4.69) is 0 Å². The van der Waals surface area contributed by atoms with Crippen LogP contribution in [0.25, 0.3) is 11.1 Å². The lowest BCUT2D eigenvalue weighted by Crippen LogP contribution is -2.12. The van der Waals surface area contributed by atoms with Gasteiger partial charge in [-0.15, -0.1) is 12.4 Å². The van der Waals surface area contributed by atoms with Crippen LogP contribution in [0.2, 0.25) is 0 Å². The van der Waals surface area contributed by atoms with Crippen molar-refractivity contribution < 1.29 is 13.2 Å². The lowest BCUT2D eigenvalue weighted by atomic mass is 9.95. The van der Waals surface area contributed by atoms with E-state index in [0.717, 1.165) is 0 Å². The van der Waals surface area contributed by atoms with Crippen molar-refractivity contribution in [2.45, 2.75) is 13.1 Å². The minimum absolute atomic E-state index is 0. The fourth-order valence-electron chi connectivity index (χ4n) is 2.08. The van der Waals surface area contributed by atoms with Gasteiger partial charge >= 0.3 is 6.18 Å². The quantitative estimate of drug-likeness (QED) is 0.773. The van der Waals surface area contributed by atoms with E-state index in [1.54, 1.807) is 30.3 Å². The lowest BCUT2D eigenvalue weighted by Gasteiger charge is -2.16. The van der Waals surface area contributed by atoms with Crippen molar-refractivity contribution >= 4 is 23.8 Å². The summed E-state index contributed by atoms with van der Waals surface area (Å²) in [5.74, 6) is 0. The average molecular weight is 303 g/mol. The van der Waals surface area contributed by atoms with Crippen LogP contribution in [-0.4, -0.2) is 0 Å². The summed E-state index contributed by atoms with van der Waals surface area (Å²) in [6, 6.07) is 9.55. The Morgan fingerprint density at radius 2 is 1.45 bits per heavy atom. The average Bonchev–Trinajstić information content (AvgIpc) is 2.29. The molecular formula is C14H14ClF3N2. The third-order valence-electron chi connectivity index (χ3n) is 3.00. The summed E-state index contributed by atoms with van der Waals surface area (Å²) >= 11 is 0. The maximum atomic E-state index is 13.0. The van der Waals surface area contributed by atoms with Gasteiger partial charge in [0.2, 0.25) is 0 Å². The minimum Gasteiger partial charge on any atom is -0.399 e. The molecule has 0 spiro atoms.